The number of hydrogen-bond acceptors (Lipinski definition) is 7. The summed E-state index contributed by atoms with van der Waals surface area (Å²) in [6.07, 6.45) is 4.77. The Morgan fingerprint density at radius 1 is 1.18 bits per heavy atom. The standard InChI is InChI=1S/C28H30N4O6/c1-18(23-9-6-12-37-23)32(14-19-7-4-3-5-8-19)25(34)15-31-16-28(38-17-31)21-10-11-22(30-27(36)29-2)26(35)20(21)13-24(28)33/h3-12,18,22H,13-17H2,1-2H3,(H2,29,30,36)/t18?,22?,28-/m0/s1. The highest BCUT2D eigenvalue weighted by molar-refractivity contribution is 6.14. The number of urea groups is 1. The third-order valence-electron chi connectivity index (χ3n) is 7.33. The number of amides is 3. The summed E-state index contributed by atoms with van der Waals surface area (Å²) in [4.78, 5) is 55.0. The summed E-state index contributed by atoms with van der Waals surface area (Å²) in [5.74, 6) is -0.00461. The first-order valence-corrected chi connectivity index (χ1v) is 12.5. The van der Waals surface area contributed by atoms with Crippen molar-refractivity contribution in [3.8, 4) is 0 Å². The maximum absolute atomic E-state index is 13.6. The number of benzene rings is 1. The highest BCUT2D eigenvalue weighted by Gasteiger charge is 2.55. The molecule has 2 aliphatic carbocycles. The normalized spacial score (nSPS) is 23.6. The number of ketones is 2. The molecular formula is C28H30N4O6. The average Bonchev–Trinajstić information content (AvgIpc) is 3.66. The van der Waals surface area contributed by atoms with Crippen molar-refractivity contribution in [2.45, 2.75) is 37.6 Å². The van der Waals surface area contributed by atoms with Crippen LogP contribution in [-0.2, 0) is 25.7 Å². The van der Waals surface area contributed by atoms with Gasteiger partial charge in [0.2, 0.25) is 5.91 Å². The second-order valence-electron chi connectivity index (χ2n) is 9.70. The zero-order chi connectivity index (χ0) is 26.9. The molecule has 3 atom stereocenters. The van der Waals surface area contributed by atoms with Crippen LogP contribution in [-0.4, -0.2) is 71.8 Å². The number of furan rings is 1. The second-order valence-corrected chi connectivity index (χ2v) is 9.70. The summed E-state index contributed by atoms with van der Waals surface area (Å²) >= 11 is 0. The molecule has 2 heterocycles. The van der Waals surface area contributed by atoms with Crippen LogP contribution in [0.1, 0.15) is 30.7 Å². The second kappa shape index (κ2) is 10.4. The van der Waals surface area contributed by atoms with E-state index in [1.165, 1.54) is 7.05 Å². The quantitative estimate of drug-likeness (QED) is 0.576. The molecule has 38 heavy (non-hydrogen) atoms. The van der Waals surface area contributed by atoms with Gasteiger partial charge in [-0.05, 0) is 30.2 Å². The fraction of sp³-hybridized carbons (Fsp3) is 0.357. The highest BCUT2D eigenvalue weighted by atomic mass is 16.5. The fourth-order valence-corrected chi connectivity index (χ4v) is 5.27. The molecule has 5 rings (SSSR count). The minimum absolute atomic E-state index is 0.0358. The third-order valence-corrected chi connectivity index (χ3v) is 7.33. The lowest BCUT2D eigenvalue weighted by Gasteiger charge is -2.30. The number of Topliss-reactive ketones (excluding diaryl/α,β-unsaturated/α-hetero) is 2. The van der Waals surface area contributed by atoms with Crippen LogP contribution in [0.5, 0.6) is 0 Å². The van der Waals surface area contributed by atoms with Crippen molar-refractivity contribution >= 4 is 23.5 Å². The Hall–Kier alpha value is -4.02. The first-order valence-electron chi connectivity index (χ1n) is 12.5. The van der Waals surface area contributed by atoms with E-state index in [4.69, 9.17) is 9.15 Å². The smallest absolute Gasteiger partial charge is 0.315 e. The van der Waals surface area contributed by atoms with Crippen LogP contribution >= 0.6 is 0 Å². The van der Waals surface area contributed by atoms with Gasteiger partial charge in [0, 0.05) is 32.1 Å². The monoisotopic (exact) mass is 518 g/mol. The molecule has 1 aromatic heterocycles. The van der Waals surface area contributed by atoms with E-state index in [-0.39, 0.29) is 49.8 Å². The number of ether oxygens (including phenoxy) is 1. The van der Waals surface area contributed by atoms with Crippen molar-refractivity contribution in [3.63, 3.8) is 0 Å². The van der Waals surface area contributed by atoms with Crippen LogP contribution in [0.2, 0.25) is 0 Å². The summed E-state index contributed by atoms with van der Waals surface area (Å²) in [6.45, 7) is 2.59. The molecule has 1 fully saturated rings. The van der Waals surface area contributed by atoms with Gasteiger partial charge in [-0.25, -0.2) is 4.79 Å². The number of nitrogens with zero attached hydrogens (tertiary/aromatic N) is 2. The Morgan fingerprint density at radius 3 is 2.68 bits per heavy atom. The molecule has 3 amide bonds. The van der Waals surface area contributed by atoms with E-state index in [1.54, 1.807) is 34.3 Å². The third kappa shape index (κ3) is 4.68. The molecular weight excluding hydrogens is 488 g/mol. The van der Waals surface area contributed by atoms with Crippen LogP contribution in [0.25, 0.3) is 0 Å². The zero-order valence-corrected chi connectivity index (χ0v) is 21.3. The Labute approximate surface area is 220 Å². The predicted molar refractivity (Wildman–Crippen MR) is 137 cm³/mol. The first-order chi connectivity index (χ1) is 18.3. The summed E-state index contributed by atoms with van der Waals surface area (Å²) in [6, 6.07) is 11.7. The van der Waals surface area contributed by atoms with Gasteiger partial charge >= 0.3 is 6.03 Å². The van der Waals surface area contributed by atoms with Gasteiger partial charge in [-0.2, -0.15) is 0 Å². The molecule has 1 aliphatic heterocycles. The Balaban J connectivity index is 1.32. The lowest BCUT2D eigenvalue weighted by Crippen LogP contribution is -2.46. The number of fused-ring (bicyclic) bond motifs is 1. The summed E-state index contributed by atoms with van der Waals surface area (Å²) in [5, 5.41) is 5.00. The van der Waals surface area contributed by atoms with Crippen molar-refractivity contribution in [2.75, 3.05) is 26.9 Å². The molecule has 0 bridgehead atoms. The molecule has 0 radical (unpaired) electrons. The molecule has 1 spiro atoms. The van der Waals surface area contributed by atoms with Crippen LogP contribution in [0.4, 0.5) is 4.79 Å². The Bertz CT molecular complexity index is 1300. The van der Waals surface area contributed by atoms with Gasteiger partial charge in [0.1, 0.15) is 18.5 Å². The first kappa shape index (κ1) is 25.6. The highest BCUT2D eigenvalue weighted by Crippen LogP contribution is 2.43. The molecule has 1 saturated heterocycles. The number of carbonyl (C=O) groups is 4. The zero-order valence-electron chi connectivity index (χ0n) is 21.3. The van der Waals surface area contributed by atoms with Crippen molar-refractivity contribution in [1.82, 2.24) is 20.4 Å². The number of nitrogens with one attached hydrogen (secondary N) is 2. The number of carbonyl (C=O) groups excluding carboxylic acids is 4. The van der Waals surface area contributed by atoms with Crippen LogP contribution in [0.15, 0.2) is 76.4 Å². The van der Waals surface area contributed by atoms with Gasteiger partial charge in [-0.1, -0.05) is 42.5 Å². The van der Waals surface area contributed by atoms with Crippen molar-refractivity contribution < 1.29 is 28.3 Å². The molecule has 2 aromatic rings. The van der Waals surface area contributed by atoms with Gasteiger partial charge in [-0.15, -0.1) is 0 Å². The number of hydrogen-bond donors (Lipinski definition) is 2. The molecule has 2 unspecified atom stereocenters. The summed E-state index contributed by atoms with van der Waals surface area (Å²) in [5.41, 5.74) is 0.558. The Kier molecular flexibility index (Phi) is 7.00. The molecule has 10 nitrogen and oxygen atoms in total. The largest absolute Gasteiger partial charge is 0.467 e. The lowest BCUT2D eigenvalue weighted by molar-refractivity contribution is -0.135. The predicted octanol–water partition coefficient (Wildman–Crippen LogP) is 2.10. The molecule has 198 valence electrons. The molecule has 10 heteroatoms. The Morgan fingerprint density at radius 2 is 1.97 bits per heavy atom. The minimum Gasteiger partial charge on any atom is -0.467 e. The van der Waals surface area contributed by atoms with E-state index in [9.17, 15) is 19.2 Å². The van der Waals surface area contributed by atoms with Crippen LogP contribution < -0.4 is 10.6 Å². The van der Waals surface area contributed by atoms with Gasteiger partial charge in [0.15, 0.2) is 17.2 Å². The molecule has 1 aromatic carbocycles. The van der Waals surface area contributed by atoms with E-state index < -0.39 is 17.7 Å². The topological polar surface area (TPSA) is 121 Å². The SMILES string of the molecule is CNC(=O)NC1C=CC2=C(CC(=O)[C@]23CN(CC(=O)N(Cc2ccccc2)C(C)c2ccco2)CO3)C1=O. The van der Waals surface area contributed by atoms with Crippen molar-refractivity contribution in [3.05, 3.63) is 83.3 Å². The number of rotatable bonds is 7. The lowest BCUT2D eigenvalue weighted by atomic mass is 9.88. The van der Waals surface area contributed by atoms with Gasteiger partial charge in [0.05, 0.1) is 18.8 Å². The van der Waals surface area contributed by atoms with Crippen molar-refractivity contribution in [2.24, 2.45) is 0 Å². The fourth-order valence-electron chi connectivity index (χ4n) is 5.27. The van der Waals surface area contributed by atoms with E-state index in [2.05, 4.69) is 10.6 Å². The van der Waals surface area contributed by atoms with Crippen LogP contribution in [0.3, 0.4) is 0 Å². The van der Waals surface area contributed by atoms with E-state index in [1.807, 2.05) is 43.3 Å². The van der Waals surface area contributed by atoms with E-state index in [0.717, 1.165) is 5.56 Å². The molecule has 3 aliphatic rings. The molecule has 2 N–H and O–H groups in total. The maximum atomic E-state index is 13.6. The van der Waals surface area contributed by atoms with Crippen molar-refractivity contribution in [1.29, 1.82) is 0 Å². The van der Waals surface area contributed by atoms with Crippen LogP contribution in [0, 0.1) is 0 Å². The average molecular weight is 519 g/mol. The van der Waals surface area contributed by atoms with E-state index in [0.29, 0.717) is 23.5 Å². The minimum atomic E-state index is -1.29. The summed E-state index contributed by atoms with van der Waals surface area (Å²) < 4.78 is 11.6. The van der Waals surface area contributed by atoms with Gasteiger partial charge < -0.3 is 24.7 Å². The summed E-state index contributed by atoms with van der Waals surface area (Å²) in [7, 11) is 1.46. The van der Waals surface area contributed by atoms with Gasteiger partial charge in [-0.3, -0.25) is 19.3 Å². The maximum Gasteiger partial charge on any atom is 0.315 e. The van der Waals surface area contributed by atoms with Gasteiger partial charge in [0.25, 0.3) is 0 Å². The molecule has 0 saturated carbocycles. The van der Waals surface area contributed by atoms with E-state index >= 15 is 0 Å².